The van der Waals surface area contributed by atoms with E-state index in [0.717, 1.165) is 4.90 Å². The molecule has 0 radical (unpaired) electrons. The first-order valence-corrected chi connectivity index (χ1v) is 6.68. The zero-order chi connectivity index (χ0) is 15.8. The number of alkyl halides is 3. The number of nitrogens with zero attached hydrogens (tertiary/aromatic N) is 2. The van der Waals surface area contributed by atoms with Crippen molar-refractivity contribution in [3.63, 3.8) is 0 Å². The Hall–Kier alpha value is -1.64. The van der Waals surface area contributed by atoms with Gasteiger partial charge in [0, 0.05) is 23.8 Å². The van der Waals surface area contributed by atoms with Gasteiger partial charge in [-0.2, -0.15) is 13.2 Å². The molecule has 0 spiro atoms. The van der Waals surface area contributed by atoms with Crippen LogP contribution >= 0.6 is 15.9 Å². The van der Waals surface area contributed by atoms with Crippen LogP contribution in [0.1, 0.15) is 16.9 Å². The molecule has 1 fully saturated rings. The van der Waals surface area contributed by atoms with Crippen molar-refractivity contribution in [2.24, 2.45) is 5.41 Å². The minimum Gasteiger partial charge on any atom is -0.481 e. The number of hydrogen-bond donors (Lipinski definition) is 1. The largest absolute Gasteiger partial charge is 0.481 e. The van der Waals surface area contributed by atoms with Crippen LogP contribution in [0.3, 0.4) is 0 Å². The summed E-state index contributed by atoms with van der Waals surface area (Å²) in [5, 5.41) is 8.93. The van der Waals surface area contributed by atoms with Gasteiger partial charge in [-0.3, -0.25) is 9.59 Å². The van der Waals surface area contributed by atoms with Gasteiger partial charge >= 0.3 is 12.1 Å². The molecule has 1 aromatic rings. The molecule has 1 atom stereocenters. The van der Waals surface area contributed by atoms with Crippen LogP contribution in [0, 0.1) is 5.41 Å². The summed E-state index contributed by atoms with van der Waals surface area (Å²) >= 11 is 3.13. The molecule has 1 amide bonds. The van der Waals surface area contributed by atoms with Gasteiger partial charge in [0.15, 0.2) is 5.41 Å². The summed E-state index contributed by atoms with van der Waals surface area (Å²) in [4.78, 5) is 27.8. The van der Waals surface area contributed by atoms with Gasteiger partial charge < -0.3 is 10.0 Å². The van der Waals surface area contributed by atoms with Crippen LogP contribution in [0.15, 0.2) is 22.8 Å². The number of aromatic nitrogens is 1. The van der Waals surface area contributed by atoms with Crippen molar-refractivity contribution in [3.05, 3.63) is 28.5 Å². The average Bonchev–Trinajstić information content (AvgIpc) is 2.84. The van der Waals surface area contributed by atoms with Crippen molar-refractivity contribution < 1.29 is 27.9 Å². The van der Waals surface area contributed by atoms with Gasteiger partial charge in [-0.15, -0.1) is 0 Å². The maximum atomic E-state index is 13.0. The van der Waals surface area contributed by atoms with E-state index in [9.17, 15) is 22.8 Å². The van der Waals surface area contributed by atoms with E-state index in [2.05, 4.69) is 20.9 Å². The zero-order valence-corrected chi connectivity index (χ0v) is 12.1. The topological polar surface area (TPSA) is 70.5 Å². The molecule has 1 aliphatic rings. The van der Waals surface area contributed by atoms with Crippen molar-refractivity contribution in [2.45, 2.75) is 12.6 Å². The second kappa shape index (κ2) is 5.28. The first-order chi connectivity index (χ1) is 9.67. The zero-order valence-electron chi connectivity index (χ0n) is 10.5. The molecule has 0 bridgehead atoms. The molecule has 2 rings (SSSR count). The second-order valence-electron chi connectivity index (χ2n) is 4.72. The predicted molar refractivity (Wildman–Crippen MR) is 68.6 cm³/mol. The van der Waals surface area contributed by atoms with Gasteiger partial charge in [-0.1, -0.05) is 0 Å². The summed E-state index contributed by atoms with van der Waals surface area (Å²) < 4.78 is 39.7. The second-order valence-corrected chi connectivity index (χ2v) is 5.64. The van der Waals surface area contributed by atoms with E-state index in [-0.39, 0.29) is 12.2 Å². The number of carboxylic acids is 1. The molecule has 5 nitrogen and oxygen atoms in total. The SMILES string of the molecule is O=C(c1ccc(Br)cn1)N1CCC(C(=O)O)(C(F)(F)F)C1. The number of halogens is 4. The van der Waals surface area contributed by atoms with Crippen LogP contribution in [-0.4, -0.2) is 46.1 Å². The third kappa shape index (κ3) is 2.74. The summed E-state index contributed by atoms with van der Waals surface area (Å²) in [5.74, 6) is -2.68. The fraction of sp³-hybridized carbons (Fsp3) is 0.417. The standard InChI is InChI=1S/C12H10BrF3N2O3/c13-7-1-2-8(17-5-7)9(19)18-4-3-11(6-18,10(20)21)12(14,15)16/h1-2,5H,3-4,6H2,(H,20,21). The van der Waals surface area contributed by atoms with Gasteiger partial charge in [-0.25, -0.2) is 4.98 Å². The summed E-state index contributed by atoms with van der Waals surface area (Å²) in [5.41, 5.74) is -2.93. The fourth-order valence-electron chi connectivity index (χ4n) is 2.17. The highest BCUT2D eigenvalue weighted by atomic mass is 79.9. The number of amides is 1. The Kier molecular flexibility index (Phi) is 3.96. The number of carbonyl (C=O) groups excluding carboxylic acids is 1. The normalized spacial score (nSPS) is 22.4. The van der Waals surface area contributed by atoms with E-state index >= 15 is 0 Å². The molecule has 1 unspecified atom stereocenters. The van der Waals surface area contributed by atoms with Gasteiger partial charge in [0.2, 0.25) is 0 Å². The van der Waals surface area contributed by atoms with Crippen molar-refractivity contribution in [3.8, 4) is 0 Å². The summed E-state index contributed by atoms with van der Waals surface area (Å²) in [6.07, 6.45) is -4.23. The van der Waals surface area contributed by atoms with Crippen molar-refractivity contribution in [1.29, 1.82) is 0 Å². The molecule has 2 heterocycles. The predicted octanol–water partition coefficient (Wildman–Crippen LogP) is 2.32. The minimum absolute atomic E-state index is 0.0263. The maximum Gasteiger partial charge on any atom is 0.406 e. The van der Waals surface area contributed by atoms with Gasteiger partial charge in [0.25, 0.3) is 5.91 Å². The van der Waals surface area contributed by atoms with Gasteiger partial charge in [-0.05, 0) is 34.5 Å². The van der Waals surface area contributed by atoms with E-state index in [4.69, 9.17) is 5.11 Å². The Labute approximate surface area is 125 Å². The third-order valence-corrected chi connectivity index (χ3v) is 3.92. The highest BCUT2D eigenvalue weighted by molar-refractivity contribution is 9.10. The summed E-state index contributed by atoms with van der Waals surface area (Å²) in [6, 6.07) is 2.89. The van der Waals surface area contributed by atoms with E-state index in [1.54, 1.807) is 0 Å². The van der Waals surface area contributed by atoms with Gasteiger partial charge in [0.05, 0.1) is 0 Å². The number of rotatable bonds is 2. The average molecular weight is 367 g/mol. The van der Waals surface area contributed by atoms with Crippen molar-refractivity contribution in [1.82, 2.24) is 9.88 Å². The van der Waals surface area contributed by atoms with Crippen molar-refractivity contribution in [2.75, 3.05) is 13.1 Å². The maximum absolute atomic E-state index is 13.0. The van der Waals surface area contributed by atoms with Crippen molar-refractivity contribution >= 4 is 27.8 Å². The molecule has 1 saturated heterocycles. The Morgan fingerprint density at radius 1 is 1.38 bits per heavy atom. The Morgan fingerprint density at radius 2 is 2.05 bits per heavy atom. The quantitative estimate of drug-likeness (QED) is 0.871. The summed E-state index contributed by atoms with van der Waals surface area (Å²) in [6.45, 7) is -1.18. The molecule has 1 aliphatic heterocycles. The lowest BCUT2D eigenvalue weighted by molar-refractivity contribution is -0.227. The van der Waals surface area contributed by atoms with Crippen LogP contribution in [0.4, 0.5) is 13.2 Å². The summed E-state index contributed by atoms with van der Waals surface area (Å²) in [7, 11) is 0. The monoisotopic (exact) mass is 366 g/mol. The van der Waals surface area contributed by atoms with Crippen LogP contribution in [0.5, 0.6) is 0 Å². The first-order valence-electron chi connectivity index (χ1n) is 5.88. The number of hydrogen-bond acceptors (Lipinski definition) is 3. The number of carbonyl (C=O) groups is 2. The van der Waals surface area contributed by atoms with E-state index in [0.29, 0.717) is 4.47 Å². The first kappa shape index (κ1) is 15.7. The van der Waals surface area contributed by atoms with E-state index in [1.807, 2.05) is 0 Å². The Bertz CT molecular complexity index is 576. The Balaban J connectivity index is 2.23. The van der Waals surface area contributed by atoms with E-state index < -0.39 is 36.4 Å². The number of pyridine rings is 1. The third-order valence-electron chi connectivity index (χ3n) is 3.46. The molecule has 21 heavy (non-hydrogen) atoms. The Morgan fingerprint density at radius 3 is 2.48 bits per heavy atom. The molecule has 1 aromatic heterocycles. The number of carboxylic acid groups (broad SMARTS) is 1. The molecule has 0 aromatic carbocycles. The molecule has 0 aliphatic carbocycles. The molecule has 114 valence electrons. The lowest BCUT2D eigenvalue weighted by atomic mass is 9.86. The van der Waals surface area contributed by atoms with Crippen LogP contribution in [0.25, 0.3) is 0 Å². The van der Waals surface area contributed by atoms with Crippen LogP contribution in [-0.2, 0) is 4.79 Å². The number of aliphatic carboxylic acids is 1. The highest BCUT2D eigenvalue weighted by Crippen LogP contribution is 2.45. The van der Waals surface area contributed by atoms with Crippen LogP contribution in [0.2, 0.25) is 0 Å². The van der Waals surface area contributed by atoms with Crippen LogP contribution < -0.4 is 0 Å². The van der Waals surface area contributed by atoms with E-state index in [1.165, 1.54) is 18.3 Å². The minimum atomic E-state index is -4.92. The molecular weight excluding hydrogens is 357 g/mol. The highest BCUT2D eigenvalue weighted by Gasteiger charge is 2.64. The molecule has 0 saturated carbocycles. The smallest absolute Gasteiger partial charge is 0.406 e. The lowest BCUT2D eigenvalue weighted by Crippen LogP contribution is -2.47. The number of likely N-dealkylation sites (tertiary alicyclic amines) is 1. The van der Waals surface area contributed by atoms with Gasteiger partial charge in [0.1, 0.15) is 5.69 Å². The lowest BCUT2D eigenvalue weighted by Gasteiger charge is -2.27. The molecule has 1 N–H and O–H groups in total. The molecular formula is C12H10BrF3N2O3. The fourth-order valence-corrected chi connectivity index (χ4v) is 2.41. The molecule has 9 heteroatoms.